The predicted octanol–water partition coefficient (Wildman–Crippen LogP) is 1.70. The molecule has 0 unspecified atom stereocenters. The zero-order chi connectivity index (χ0) is 9.97. The first-order chi connectivity index (χ1) is 6.09. The van der Waals surface area contributed by atoms with E-state index in [2.05, 4.69) is 3.74 Å². The monoisotopic (exact) mass is 352 g/mol. The molecule has 71 valence electrons. The Morgan fingerprint density at radius 2 is 1.69 bits per heavy atom. The summed E-state index contributed by atoms with van der Waals surface area (Å²) in [6.45, 7) is 0. The van der Waals surface area contributed by atoms with Gasteiger partial charge in [-0.25, -0.2) is 0 Å². The van der Waals surface area contributed by atoms with Gasteiger partial charge in [-0.2, -0.15) is 0 Å². The van der Waals surface area contributed by atoms with Crippen molar-refractivity contribution in [2.24, 2.45) is 3.74 Å². The van der Waals surface area contributed by atoms with Gasteiger partial charge in [0.05, 0.1) is 0 Å². The van der Waals surface area contributed by atoms with Gasteiger partial charge < -0.3 is 0 Å². The second-order valence-electron chi connectivity index (χ2n) is 3.12. The molecular weight excluding hydrogens is 342 g/mol. The molecule has 1 aliphatic carbocycles. The van der Waals surface area contributed by atoms with Crippen LogP contribution < -0.4 is 0 Å². The fourth-order valence-electron chi connectivity index (χ4n) is 1.06. The Morgan fingerprint density at radius 3 is 2.00 bits per heavy atom. The standard InChI is InChI=1S/C5H5.2CHO.CH3.NO.W/c1-2-4-5-3-1;2*1-2;;1-2;/h1-5H;2*1H;1H3;;/q;;;;-1;+1. The van der Waals surface area contributed by atoms with Gasteiger partial charge in [0.2, 0.25) is 0 Å². The van der Waals surface area contributed by atoms with E-state index >= 15 is 0 Å². The summed E-state index contributed by atoms with van der Waals surface area (Å²) in [5, 5.41) is 1.44. The van der Waals surface area contributed by atoms with Crippen molar-refractivity contribution in [2.75, 3.05) is 0 Å². The second-order valence-corrected chi connectivity index (χ2v) is 18.6. The first kappa shape index (κ1) is 10.2. The average Bonchev–Trinajstić information content (AvgIpc) is 2.71. The van der Waals surface area contributed by atoms with Crippen LogP contribution in [-0.2, 0) is 24.6 Å². The molecule has 0 bridgehead atoms. The summed E-state index contributed by atoms with van der Waals surface area (Å²) in [5.74, 6) is 0. The van der Waals surface area contributed by atoms with Crippen LogP contribution in [0.2, 0.25) is 9.62 Å². The summed E-state index contributed by atoms with van der Waals surface area (Å²) in [4.78, 5) is 32.5. The first-order valence-electron chi connectivity index (χ1n) is 3.62. The zero-order valence-corrected chi connectivity index (χ0v) is 10.1. The minimum atomic E-state index is -4.63. The van der Waals surface area contributed by atoms with E-state index in [-0.39, 0.29) is 4.31 Å². The zero-order valence-electron chi connectivity index (χ0n) is 7.12. The molecule has 1 aliphatic rings. The second kappa shape index (κ2) is 3.11. The quantitative estimate of drug-likeness (QED) is 0.572. The van der Waals surface area contributed by atoms with E-state index in [0.29, 0.717) is 9.35 Å². The summed E-state index contributed by atoms with van der Waals surface area (Å²) in [6.07, 6.45) is 6.82. The van der Waals surface area contributed by atoms with Crippen LogP contribution in [0.1, 0.15) is 0 Å². The van der Waals surface area contributed by atoms with Crippen molar-refractivity contribution in [3.63, 3.8) is 0 Å². The van der Waals surface area contributed by atoms with E-state index in [1.807, 2.05) is 0 Å². The van der Waals surface area contributed by atoms with Crippen LogP contribution in [0.3, 0.4) is 0 Å². The van der Waals surface area contributed by atoms with E-state index in [1.165, 1.54) is 5.31 Å². The molecule has 0 heterocycles. The molecule has 0 aliphatic heterocycles. The molecule has 0 aromatic heterocycles. The summed E-state index contributed by atoms with van der Waals surface area (Å²) < 4.78 is 3.53. The van der Waals surface area contributed by atoms with Gasteiger partial charge in [-0.05, 0) is 0 Å². The van der Waals surface area contributed by atoms with Gasteiger partial charge in [-0.1, -0.05) is 0 Å². The van der Waals surface area contributed by atoms with Crippen molar-refractivity contribution in [2.45, 2.75) is 9.62 Å². The van der Waals surface area contributed by atoms with Gasteiger partial charge in [-0.3, -0.25) is 0 Å². The van der Waals surface area contributed by atoms with Crippen molar-refractivity contribution in [1.29, 1.82) is 0 Å². The maximum atomic E-state index is 10.9. The SMILES string of the molecule is [CH3][W]([CH]=O)([CH]=O)([N]=O)[CH]1C=CC=C1. The van der Waals surface area contributed by atoms with Crippen molar-refractivity contribution in [1.82, 2.24) is 0 Å². The fourth-order valence-corrected chi connectivity index (χ4v) is 6.34. The summed E-state index contributed by atoms with van der Waals surface area (Å²) in [7, 11) is 0. The van der Waals surface area contributed by atoms with Crippen LogP contribution in [0, 0.1) is 4.91 Å². The third-order valence-electron chi connectivity index (χ3n) is 2.13. The minimum absolute atomic E-state index is 0.368. The number of carbonyl (C=O) groups is 2. The van der Waals surface area contributed by atoms with Gasteiger partial charge in [0.25, 0.3) is 0 Å². The molecule has 13 heavy (non-hydrogen) atoms. The third kappa shape index (κ3) is 1.35. The van der Waals surface area contributed by atoms with Crippen LogP contribution in [0.25, 0.3) is 0 Å². The molecule has 1 rings (SSSR count). The Balaban J connectivity index is 3.25. The van der Waals surface area contributed by atoms with E-state index in [1.54, 1.807) is 24.3 Å². The molecule has 0 spiro atoms. The van der Waals surface area contributed by atoms with Crippen molar-refractivity contribution in [3.8, 4) is 0 Å². The fraction of sp³-hybridized carbons (Fsp3) is 0.250. The molecule has 4 nitrogen and oxygen atoms in total. The molecule has 0 saturated heterocycles. The number of carbonyl (C=O) groups excluding carboxylic acids is 2. The van der Waals surface area contributed by atoms with E-state index in [9.17, 15) is 14.5 Å². The number of hydrogen-bond acceptors (Lipinski definition) is 4. The predicted molar refractivity (Wildman–Crippen MR) is 47.2 cm³/mol. The van der Waals surface area contributed by atoms with Gasteiger partial charge >= 0.3 is 76.6 Å². The van der Waals surface area contributed by atoms with Gasteiger partial charge in [0.15, 0.2) is 0 Å². The number of rotatable bonds is 4. The van der Waals surface area contributed by atoms with Crippen molar-refractivity contribution >= 4 is 9.35 Å². The summed E-state index contributed by atoms with van der Waals surface area (Å²) in [6, 6.07) is 0. The van der Waals surface area contributed by atoms with E-state index in [4.69, 9.17) is 0 Å². The number of nitroso groups, excluding NO2 is 1. The Kier molecular flexibility index (Phi) is 2.44. The van der Waals surface area contributed by atoms with Crippen molar-refractivity contribution < 1.29 is 24.6 Å². The van der Waals surface area contributed by atoms with Crippen LogP contribution >= 0.6 is 0 Å². The van der Waals surface area contributed by atoms with E-state index in [0.717, 1.165) is 0 Å². The van der Waals surface area contributed by atoms with Crippen LogP contribution in [-0.4, -0.2) is 9.35 Å². The molecule has 0 atom stereocenters. The summed E-state index contributed by atoms with van der Waals surface area (Å²) in [5.41, 5.74) is 0. The van der Waals surface area contributed by atoms with Gasteiger partial charge in [0, 0.05) is 0 Å². The first-order valence-corrected chi connectivity index (χ1v) is 12.9. The topological polar surface area (TPSA) is 63.6 Å². The molecule has 5 heteroatoms. The molecule has 0 radical (unpaired) electrons. The molecule has 0 N–H and O–H groups in total. The Bertz CT molecular complexity index is 285. The third-order valence-corrected chi connectivity index (χ3v) is 13.4. The molecule has 0 fully saturated rings. The van der Waals surface area contributed by atoms with Crippen LogP contribution in [0.5, 0.6) is 0 Å². The van der Waals surface area contributed by atoms with Gasteiger partial charge in [0.1, 0.15) is 0 Å². The number of hydrogen-bond donors (Lipinski definition) is 0. The Morgan fingerprint density at radius 1 is 1.23 bits per heavy atom. The number of nitrogens with zero attached hydrogens (tertiary/aromatic N) is 1. The Hall–Kier alpha value is -0.892. The summed E-state index contributed by atoms with van der Waals surface area (Å²) >= 11 is -4.63. The Labute approximate surface area is 76.8 Å². The molecule has 0 saturated carbocycles. The maximum absolute atomic E-state index is 10.9. The molecule has 0 amide bonds. The molecule has 0 aromatic rings. The average molecular weight is 352 g/mol. The van der Waals surface area contributed by atoms with Crippen molar-refractivity contribution in [3.05, 3.63) is 29.2 Å². The van der Waals surface area contributed by atoms with E-state index < -0.39 is 15.1 Å². The van der Waals surface area contributed by atoms with Gasteiger partial charge in [-0.15, -0.1) is 0 Å². The normalized spacial score (nSPS) is 19.3. The van der Waals surface area contributed by atoms with Crippen LogP contribution in [0.4, 0.5) is 0 Å². The molecular formula is C8H10NO3W. The number of allylic oxidation sites excluding steroid dienone is 4. The molecule has 0 aromatic carbocycles. The van der Waals surface area contributed by atoms with Crippen LogP contribution in [0.15, 0.2) is 28.0 Å².